The lowest BCUT2D eigenvalue weighted by Crippen LogP contribution is -2.47. The van der Waals surface area contributed by atoms with Gasteiger partial charge in [0.05, 0.1) is 12.2 Å². The zero-order valence-corrected chi connectivity index (χ0v) is 12.8. The van der Waals surface area contributed by atoms with E-state index in [0.717, 1.165) is 19.6 Å². The van der Waals surface area contributed by atoms with Crippen LogP contribution in [-0.2, 0) is 4.74 Å². The number of rotatable bonds is 3. The molecule has 2 aromatic rings. The summed E-state index contributed by atoms with van der Waals surface area (Å²) in [5, 5.41) is 2.52. The van der Waals surface area contributed by atoms with Crippen LogP contribution in [0.1, 0.15) is 25.5 Å². The van der Waals surface area contributed by atoms with Gasteiger partial charge in [-0.25, -0.2) is 0 Å². The molecule has 112 valence electrons. The molecule has 0 amide bonds. The molecular formula is C18H24N2O. The standard InChI is InChI=1S/C18H24N2O/c1-13-10-20(11-14(2)21-13)12-18(19)17-8-7-15-5-3-4-6-16(15)9-17/h3-9,13-14,18H,10-12,19H2,1-2H3/t13-,14+,18?. The van der Waals surface area contributed by atoms with Crippen molar-refractivity contribution >= 4 is 10.8 Å². The van der Waals surface area contributed by atoms with Gasteiger partial charge in [0, 0.05) is 25.7 Å². The third kappa shape index (κ3) is 3.43. The van der Waals surface area contributed by atoms with Crippen molar-refractivity contribution in [3.05, 3.63) is 48.0 Å². The molecule has 3 heteroatoms. The summed E-state index contributed by atoms with van der Waals surface area (Å²) in [4.78, 5) is 2.42. The van der Waals surface area contributed by atoms with Crippen LogP contribution in [0.4, 0.5) is 0 Å². The van der Waals surface area contributed by atoms with Crippen LogP contribution in [0.5, 0.6) is 0 Å². The lowest BCUT2D eigenvalue weighted by atomic mass is 10.0. The Balaban J connectivity index is 1.72. The fourth-order valence-corrected chi connectivity index (χ4v) is 3.26. The smallest absolute Gasteiger partial charge is 0.0678 e. The van der Waals surface area contributed by atoms with Crippen LogP contribution in [0.15, 0.2) is 42.5 Å². The summed E-state index contributed by atoms with van der Waals surface area (Å²) in [5.41, 5.74) is 7.63. The SMILES string of the molecule is C[C@@H]1CN(CC(N)c2ccc3ccccc3c2)C[C@H](C)O1. The maximum absolute atomic E-state index is 6.43. The Bertz CT molecular complexity index is 603. The first-order chi connectivity index (χ1) is 10.1. The van der Waals surface area contributed by atoms with E-state index >= 15 is 0 Å². The number of hydrogen-bond acceptors (Lipinski definition) is 3. The van der Waals surface area contributed by atoms with Gasteiger partial charge in [0.1, 0.15) is 0 Å². The van der Waals surface area contributed by atoms with Gasteiger partial charge in [0.2, 0.25) is 0 Å². The fourth-order valence-electron chi connectivity index (χ4n) is 3.26. The molecule has 0 saturated carbocycles. The summed E-state index contributed by atoms with van der Waals surface area (Å²) < 4.78 is 5.78. The van der Waals surface area contributed by atoms with Crippen LogP contribution < -0.4 is 5.73 Å². The molecule has 0 spiro atoms. The van der Waals surface area contributed by atoms with Crippen molar-refractivity contribution in [1.29, 1.82) is 0 Å². The largest absolute Gasteiger partial charge is 0.373 e. The number of benzene rings is 2. The van der Waals surface area contributed by atoms with Gasteiger partial charge < -0.3 is 10.5 Å². The van der Waals surface area contributed by atoms with Crippen LogP contribution in [0.25, 0.3) is 10.8 Å². The van der Waals surface area contributed by atoms with Crippen LogP contribution in [0, 0.1) is 0 Å². The minimum atomic E-state index is 0.0482. The van der Waals surface area contributed by atoms with Gasteiger partial charge in [-0.2, -0.15) is 0 Å². The van der Waals surface area contributed by atoms with Crippen LogP contribution in [0.3, 0.4) is 0 Å². The summed E-state index contributed by atoms with van der Waals surface area (Å²) in [6, 6.07) is 15.0. The first kappa shape index (κ1) is 14.5. The second-order valence-corrected chi connectivity index (χ2v) is 6.19. The van der Waals surface area contributed by atoms with Crippen molar-refractivity contribution in [2.45, 2.75) is 32.1 Å². The van der Waals surface area contributed by atoms with Gasteiger partial charge in [0.25, 0.3) is 0 Å². The van der Waals surface area contributed by atoms with Gasteiger partial charge in [-0.3, -0.25) is 4.90 Å². The zero-order chi connectivity index (χ0) is 14.8. The number of fused-ring (bicyclic) bond motifs is 1. The number of morpholine rings is 1. The average molecular weight is 284 g/mol. The Morgan fingerprint density at radius 1 is 1.10 bits per heavy atom. The van der Waals surface area contributed by atoms with E-state index in [4.69, 9.17) is 10.5 Å². The minimum Gasteiger partial charge on any atom is -0.373 e. The normalized spacial score (nSPS) is 25.1. The molecule has 2 N–H and O–H groups in total. The third-order valence-electron chi connectivity index (χ3n) is 4.15. The first-order valence-electron chi connectivity index (χ1n) is 7.74. The highest BCUT2D eigenvalue weighted by molar-refractivity contribution is 5.83. The van der Waals surface area contributed by atoms with Crippen molar-refractivity contribution in [1.82, 2.24) is 4.90 Å². The molecule has 0 aliphatic carbocycles. The predicted octanol–water partition coefficient (Wildman–Crippen LogP) is 2.95. The maximum Gasteiger partial charge on any atom is 0.0678 e. The Hall–Kier alpha value is -1.42. The lowest BCUT2D eigenvalue weighted by Gasteiger charge is -2.36. The lowest BCUT2D eigenvalue weighted by molar-refractivity contribution is -0.0691. The average Bonchev–Trinajstić information content (AvgIpc) is 2.45. The molecule has 0 bridgehead atoms. The van der Waals surface area contributed by atoms with Crippen LogP contribution >= 0.6 is 0 Å². The zero-order valence-electron chi connectivity index (χ0n) is 12.8. The molecule has 21 heavy (non-hydrogen) atoms. The van der Waals surface area contributed by atoms with E-state index < -0.39 is 0 Å². The van der Waals surface area contributed by atoms with Gasteiger partial charge in [-0.05, 0) is 36.2 Å². The second kappa shape index (κ2) is 6.14. The summed E-state index contributed by atoms with van der Waals surface area (Å²) in [7, 11) is 0. The highest BCUT2D eigenvalue weighted by atomic mass is 16.5. The van der Waals surface area contributed by atoms with Crippen molar-refractivity contribution in [3.8, 4) is 0 Å². The number of nitrogens with zero attached hydrogens (tertiary/aromatic N) is 1. The molecule has 0 aromatic heterocycles. The van der Waals surface area contributed by atoms with Gasteiger partial charge >= 0.3 is 0 Å². The Morgan fingerprint density at radius 3 is 2.48 bits per heavy atom. The van der Waals surface area contributed by atoms with Crippen molar-refractivity contribution < 1.29 is 4.74 Å². The Labute approximate surface area is 126 Å². The Kier molecular flexibility index (Phi) is 4.24. The van der Waals surface area contributed by atoms with Crippen molar-refractivity contribution in [2.75, 3.05) is 19.6 Å². The quantitative estimate of drug-likeness (QED) is 0.942. The predicted molar refractivity (Wildman–Crippen MR) is 87.3 cm³/mol. The highest BCUT2D eigenvalue weighted by Gasteiger charge is 2.23. The molecule has 2 aromatic carbocycles. The molecule has 3 nitrogen and oxygen atoms in total. The van der Waals surface area contributed by atoms with Gasteiger partial charge in [-0.15, -0.1) is 0 Å². The van der Waals surface area contributed by atoms with E-state index in [9.17, 15) is 0 Å². The van der Waals surface area contributed by atoms with E-state index in [1.807, 2.05) is 0 Å². The van der Waals surface area contributed by atoms with Crippen molar-refractivity contribution in [3.63, 3.8) is 0 Å². The molecule has 1 unspecified atom stereocenters. The molecule has 3 atom stereocenters. The molecule has 1 fully saturated rings. The Morgan fingerprint density at radius 2 is 1.76 bits per heavy atom. The van der Waals surface area contributed by atoms with Gasteiger partial charge in [-0.1, -0.05) is 36.4 Å². The number of ether oxygens (including phenoxy) is 1. The van der Waals surface area contributed by atoms with E-state index in [1.54, 1.807) is 0 Å². The topological polar surface area (TPSA) is 38.5 Å². The fraction of sp³-hybridized carbons (Fsp3) is 0.444. The van der Waals surface area contributed by atoms with E-state index in [0.29, 0.717) is 0 Å². The van der Waals surface area contributed by atoms with E-state index in [-0.39, 0.29) is 18.2 Å². The van der Waals surface area contributed by atoms with E-state index in [1.165, 1.54) is 16.3 Å². The first-order valence-corrected chi connectivity index (χ1v) is 7.74. The number of nitrogens with two attached hydrogens (primary N) is 1. The van der Waals surface area contributed by atoms with Crippen LogP contribution in [0.2, 0.25) is 0 Å². The minimum absolute atomic E-state index is 0.0482. The molecule has 1 saturated heterocycles. The monoisotopic (exact) mass is 284 g/mol. The summed E-state index contributed by atoms with van der Waals surface area (Å²) in [6.45, 7) is 7.07. The molecule has 3 rings (SSSR count). The highest BCUT2D eigenvalue weighted by Crippen LogP contribution is 2.21. The summed E-state index contributed by atoms with van der Waals surface area (Å²) in [6.07, 6.45) is 0.579. The second-order valence-electron chi connectivity index (χ2n) is 6.19. The van der Waals surface area contributed by atoms with Gasteiger partial charge in [0.15, 0.2) is 0 Å². The van der Waals surface area contributed by atoms with Crippen LogP contribution in [-0.4, -0.2) is 36.7 Å². The summed E-state index contributed by atoms with van der Waals surface area (Å²) in [5.74, 6) is 0. The number of hydrogen-bond donors (Lipinski definition) is 1. The summed E-state index contributed by atoms with van der Waals surface area (Å²) >= 11 is 0. The molecule has 0 radical (unpaired) electrons. The van der Waals surface area contributed by atoms with Crippen molar-refractivity contribution in [2.24, 2.45) is 5.73 Å². The maximum atomic E-state index is 6.43. The molecule has 1 heterocycles. The molecule has 1 aliphatic rings. The third-order valence-corrected chi connectivity index (χ3v) is 4.15. The molecule has 1 aliphatic heterocycles. The molecular weight excluding hydrogens is 260 g/mol. The van der Waals surface area contributed by atoms with E-state index in [2.05, 4.69) is 61.2 Å².